The molecule has 2 aliphatic rings. The van der Waals surface area contributed by atoms with Crippen LogP contribution in [0.4, 0.5) is 0 Å². The fourth-order valence-corrected chi connectivity index (χ4v) is 3.46. The summed E-state index contributed by atoms with van der Waals surface area (Å²) in [4.78, 5) is 30.7. The molecule has 1 atom stereocenters. The number of hydrogen-bond acceptors (Lipinski definition) is 4. The highest BCUT2D eigenvalue weighted by Gasteiger charge is 2.26. The first kappa shape index (κ1) is 18.7. The largest absolute Gasteiger partial charge is 0.352 e. The lowest BCUT2D eigenvalue weighted by molar-refractivity contribution is -0.117. The van der Waals surface area contributed by atoms with Crippen LogP contribution in [-0.2, 0) is 9.59 Å². The van der Waals surface area contributed by atoms with Crippen LogP contribution >= 0.6 is 11.8 Å². The molecular formula is C18H25N3O2S. The average molecular weight is 347 g/mol. The second-order valence-corrected chi connectivity index (χ2v) is 7.12. The first-order valence-corrected chi connectivity index (χ1v) is 9.30. The van der Waals surface area contributed by atoms with Crippen LogP contribution in [0.2, 0.25) is 0 Å². The van der Waals surface area contributed by atoms with E-state index in [-0.39, 0.29) is 17.1 Å². The molecular weight excluding hydrogens is 322 g/mol. The molecule has 0 aromatic rings. The SMILES string of the molecule is CCCCN(C)CCCNC(=O)/C=C1\SC2C=CC=CC2=NC1=O. The second kappa shape index (κ2) is 9.59. The Morgan fingerprint density at radius 2 is 2.17 bits per heavy atom. The molecule has 1 aliphatic carbocycles. The first-order chi connectivity index (χ1) is 11.6. The van der Waals surface area contributed by atoms with Crippen LogP contribution in [0.1, 0.15) is 26.2 Å². The molecule has 130 valence electrons. The van der Waals surface area contributed by atoms with Crippen LogP contribution in [0, 0.1) is 0 Å². The third-order valence-corrected chi connectivity index (χ3v) is 5.02. The fourth-order valence-electron chi connectivity index (χ4n) is 2.44. The number of hydrogen-bond donors (Lipinski definition) is 1. The summed E-state index contributed by atoms with van der Waals surface area (Å²) in [5, 5.41) is 2.87. The number of carbonyl (C=O) groups excluding carboxylic acids is 2. The van der Waals surface area contributed by atoms with Gasteiger partial charge in [-0.25, -0.2) is 4.99 Å². The predicted molar refractivity (Wildman–Crippen MR) is 100 cm³/mol. The van der Waals surface area contributed by atoms with Gasteiger partial charge < -0.3 is 10.2 Å². The third-order valence-electron chi connectivity index (χ3n) is 3.82. The first-order valence-electron chi connectivity index (χ1n) is 8.42. The highest BCUT2D eigenvalue weighted by atomic mass is 32.2. The van der Waals surface area contributed by atoms with E-state index in [0.29, 0.717) is 11.4 Å². The number of nitrogens with zero attached hydrogens (tertiary/aromatic N) is 2. The number of unbranched alkanes of at least 4 members (excludes halogenated alkanes) is 1. The number of allylic oxidation sites excluding steroid dienone is 3. The molecule has 1 aliphatic heterocycles. The van der Waals surface area contributed by atoms with Gasteiger partial charge in [-0.05, 0) is 39.1 Å². The molecule has 0 saturated heterocycles. The van der Waals surface area contributed by atoms with E-state index in [0.717, 1.165) is 25.2 Å². The summed E-state index contributed by atoms with van der Waals surface area (Å²) < 4.78 is 0. The van der Waals surface area contributed by atoms with Gasteiger partial charge >= 0.3 is 0 Å². The van der Waals surface area contributed by atoms with Gasteiger partial charge in [-0.2, -0.15) is 0 Å². The van der Waals surface area contributed by atoms with Crippen molar-refractivity contribution in [2.45, 2.75) is 31.4 Å². The van der Waals surface area contributed by atoms with Crippen molar-refractivity contribution in [3.8, 4) is 0 Å². The van der Waals surface area contributed by atoms with Gasteiger partial charge in [0.15, 0.2) is 0 Å². The second-order valence-electron chi connectivity index (χ2n) is 5.93. The minimum absolute atomic E-state index is 0.0268. The minimum atomic E-state index is -0.333. The average Bonchev–Trinajstić information content (AvgIpc) is 2.57. The number of fused-ring (bicyclic) bond motifs is 1. The number of rotatable bonds is 8. The van der Waals surface area contributed by atoms with Gasteiger partial charge in [0.2, 0.25) is 5.91 Å². The van der Waals surface area contributed by atoms with Gasteiger partial charge in [-0.15, -0.1) is 11.8 Å². The van der Waals surface area contributed by atoms with E-state index in [2.05, 4.69) is 29.2 Å². The van der Waals surface area contributed by atoms with Gasteiger partial charge in [0, 0.05) is 12.6 Å². The summed E-state index contributed by atoms with van der Waals surface area (Å²) >= 11 is 1.38. The molecule has 0 saturated carbocycles. The van der Waals surface area contributed by atoms with Crippen LogP contribution in [0.15, 0.2) is 40.3 Å². The van der Waals surface area contributed by atoms with Crippen molar-refractivity contribution in [1.29, 1.82) is 0 Å². The molecule has 0 radical (unpaired) electrons. The maximum atomic E-state index is 12.0. The summed E-state index contributed by atoms with van der Waals surface area (Å²) in [6, 6.07) is 0. The quantitative estimate of drug-likeness (QED) is 0.541. The monoisotopic (exact) mass is 347 g/mol. The maximum absolute atomic E-state index is 12.0. The summed E-state index contributed by atoms with van der Waals surface area (Å²) in [6.07, 6.45) is 12.3. The zero-order chi connectivity index (χ0) is 17.4. The standard InChI is InChI=1S/C18H25N3O2S/c1-3-4-11-21(2)12-7-10-19-17(22)13-16-18(23)20-14-8-5-6-9-15(14)24-16/h5-6,8-9,13,15H,3-4,7,10-12H2,1-2H3,(H,19,22)/b16-13-. The molecule has 2 amide bonds. The third kappa shape index (κ3) is 5.76. The van der Waals surface area contributed by atoms with Crippen LogP contribution in [0.3, 0.4) is 0 Å². The predicted octanol–water partition coefficient (Wildman–Crippen LogP) is 2.32. The lowest BCUT2D eigenvalue weighted by Gasteiger charge is -2.20. The lowest BCUT2D eigenvalue weighted by Crippen LogP contribution is -2.28. The fraction of sp³-hybridized carbons (Fsp3) is 0.500. The van der Waals surface area contributed by atoms with E-state index in [4.69, 9.17) is 0 Å². The Bertz CT molecular complexity index is 593. The van der Waals surface area contributed by atoms with Crippen LogP contribution < -0.4 is 5.32 Å². The van der Waals surface area contributed by atoms with Crippen molar-refractivity contribution in [2.75, 3.05) is 26.7 Å². The molecule has 1 N–H and O–H groups in total. The molecule has 24 heavy (non-hydrogen) atoms. The number of amides is 2. The summed E-state index contributed by atoms with van der Waals surface area (Å²) in [6.45, 7) is 4.83. The van der Waals surface area contributed by atoms with Crippen molar-refractivity contribution in [3.63, 3.8) is 0 Å². The molecule has 0 spiro atoms. The molecule has 2 rings (SSSR count). The van der Waals surface area contributed by atoms with Gasteiger partial charge in [-0.3, -0.25) is 9.59 Å². The van der Waals surface area contributed by atoms with Crippen molar-refractivity contribution >= 4 is 29.3 Å². The molecule has 0 fully saturated rings. The smallest absolute Gasteiger partial charge is 0.283 e. The molecule has 5 nitrogen and oxygen atoms in total. The molecule has 1 heterocycles. The Morgan fingerprint density at radius 3 is 2.96 bits per heavy atom. The van der Waals surface area contributed by atoms with Crippen molar-refractivity contribution < 1.29 is 9.59 Å². The van der Waals surface area contributed by atoms with Crippen LogP contribution in [0.25, 0.3) is 0 Å². The lowest BCUT2D eigenvalue weighted by atomic mass is 10.1. The summed E-state index contributed by atoms with van der Waals surface area (Å²) in [5.74, 6) is -0.559. The van der Waals surface area contributed by atoms with Crippen LogP contribution in [-0.4, -0.2) is 54.4 Å². The zero-order valence-electron chi connectivity index (χ0n) is 14.3. The normalized spacial score (nSPS) is 21.1. The Kier molecular flexibility index (Phi) is 7.46. The zero-order valence-corrected chi connectivity index (χ0v) is 15.1. The molecule has 0 bridgehead atoms. The summed E-state index contributed by atoms with van der Waals surface area (Å²) in [7, 11) is 2.10. The van der Waals surface area contributed by atoms with E-state index in [1.807, 2.05) is 24.3 Å². The van der Waals surface area contributed by atoms with E-state index in [1.165, 1.54) is 30.7 Å². The molecule has 6 heteroatoms. The number of carbonyl (C=O) groups is 2. The summed E-state index contributed by atoms with van der Waals surface area (Å²) in [5.41, 5.74) is 0.750. The number of thioether (sulfide) groups is 1. The van der Waals surface area contributed by atoms with E-state index in [1.54, 1.807) is 0 Å². The van der Waals surface area contributed by atoms with Crippen molar-refractivity contribution in [1.82, 2.24) is 10.2 Å². The Balaban J connectivity index is 1.76. The molecule has 0 aromatic heterocycles. The highest BCUT2D eigenvalue weighted by molar-refractivity contribution is 8.05. The Labute approximate surface area is 148 Å². The maximum Gasteiger partial charge on any atom is 0.283 e. The van der Waals surface area contributed by atoms with Gasteiger partial charge in [-0.1, -0.05) is 31.6 Å². The van der Waals surface area contributed by atoms with Crippen molar-refractivity contribution in [3.05, 3.63) is 35.3 Å². The van der Waals surface area contributed by atoms with Gasteiger partial charge in [0.05, 0.1) is 15.9 Å². The van der Waals surface area contributed by atoms with Gasteiger partial charge in [0.1, 0.15) is 0 Å². The highest BCUT2D eigenvalue weighted by Crippen LogP contribution is 2.31. The Morgan fingerprint density at radius 1 is 1.38 bits per heavy atom. The van der Waals surface area contributed by atoms with Crippen molar-refractivity contribution in [2.24, 2.45) is 4.99 Å². The van der Waals surface area contributed by atoms with E-state index < -0.39 is 0 Å². The Hall–Kier alpha value is -1.66. The van der Waals surface area contributed by atoms with Gasteiger partial charge in [0.25, 0.3) is 5.91 Å². The van der Waals surface area contributed by atoms with E-state index >= 15 is 0 Å². The van der Waals surface area contributed by atoms with Crippen LogP contribution in [0.5, 0.6) is 0 Å². The molecule has 1 unspecified atom stereocenters. The van der Waals surface area contributed by atoms with E-state index in [9.17, 15) is 9.59 Å². The number of nitrogens with one attached hydrogen (secondary N) is 1. The minimum Gasteiger partial charge on any atom is -0.352 e. The topological polar surface area (TPSA) is 61.8 Å². The number of aliphatic imine (C=N–C) groups is 1. The molecule has 0 aromatic carbocycles.